The minimum absolute atomic E-state index is 0.115. The molecule has 31 heavy (non-hydrogen) atoms. The molecule has 0 spiro atoms. The molecule has 1 aliphatic carbocycles. The Morgan fingerprint density at radius 2 is 1.65 bits per heavy atom. The first kappa shape index (κ1) is 20.2. The van der Waals surface area contributed by atoms with Crippen molar-refractivity contribution in [3.8, 4) is 0 Å². The van der Waals surface area contributed by atoms with E-state index in [1.165, 1.54) is 17.2 Å². The van der Waals surface area contributed by atoms with Crippen molar-refractivity contribution in [3.05, 3.63) is 72.1 Å². The van der Waals surface area contributed by atoms with Gasteiger partial charge in [0.1, 0.15) is 5.82 Å². The molecule has 5 nitrogen and oxygen atoms in total. The standard InChI is InChI=1S/C25H27N3O2S/c1-28(21-9-3-2-4-10-21)31(29,30)22-13-11-18(12-14-22)15-25-26-23-16-19-7-5-6-8-20(19)17-24(23)27-25/h5-8,11-14,16-17,21H,2-4,9-10,15H2,1H3,(H,26,27). The fraction of sp³-hybridized carbons (Fsp3) is 0.320. The van der Waals surface area contributed by atoms with Gasteiger partial charge in [0.25, 0.3) is 0 Å². The topological polar surface area (TPSA) is 66.1 Å². The summed E-state index contributed by atoms with van der Waals surface area (Å²) in [6.07, 6.45) is 5.96. The Bertz CT molecular complexity index is 1270. The summed E-state index contributed by atoms with van der Waals surface area (Å²) >= 11 is 0. The van der Waals surface area contributed by atoms with E-state index in [-0.39, 0.29) is 6.04 Å². The number of hydrogen-bond donors (Lipinski definition) is 1. The van der Waals surface area contributed by atoms with Crippen molar-refractivity contribution in [1.82, 2.24) is 14.3 Å². The molecule has 6 heteroatoms. The fourth-order valence-corrected chi connectivity index (χ4v) is 6.03. The summed E-state index contributed by atoms with van der Waals surface area (Å²) in [5.41, 5.74) is 2.99. The number of aromatic amines is 1. The molecule has 5 rings (SSSR count). The lowest BCUT2D eigenvalue weighted by molar-refractivity contribution is 0.286. The normalized spacial score (nSPS) is 15.8. The van der Waals surface area contributed by atoms with Gasteiger partial charge in [0.15, 0.2) is 0 Å². The Labute approximate surface area is 183 Å². The van der Waals surface area contributed by atoms with Crippen LogP contribution in [0.4, 0.5) is 0 Å². The van der Waals surface area contributed by atoms with E-state index in [9.17, 15) is 8.42 Å². The predicted molar refractivity (Wildman–Crippen MR) is 125 cm³/mol. The van der Waals surface area contributed by atoms with Crippen molar-refractivity contribution >= 4 is 31.8 Å². The Morgan fingerprint density at radius 1 is 0.968 bits per heavy atom. The van der Waals surface area contributed by atoms with E-state index in [4.69, 9.17) is 4.98 Å². The second kappa shape index (κ2) is 8.09. The molecule has 160 valence electrons. The van der Waals surface area contributed by atoms with Gasteiger partial charge in [-0.25, -0.2) is 13.4 Å². The minimum atomic E-state index is -3.46. The molecule has 3 aromatic carbocycles. The first-order valence-electron chi connectivity index (χ1n) is 10.9. The molecule has 4 aromatic rings. The van der Waals surface area contributed by atoms with Crippen LogP contribution in [0.1, 0.15) is 43.5 Å². The molecular formula is C25H27N3O2S. The zero-order chi connectivity index (χ0) is 21.4. The van der Waals surface area contributed by atoms with Crippen LogP contribution in [-0.4, -0.2) is 35.8 Å². The summed E-state index contributed by atoms with van der Waals surface area (Å²) in [6.45, 7) is 0. The second-order valence-corrected chi connectivity index (χ2v) is 10.5. The molecule has 0 atom stereocenters. The molecule has 0 aliphatic heterocycles. The number of nitrogens with zero attached hydrogens (tertiary/aromatic N) is 2. The first-order valence-corrected chi connectivity index (χ1v) is 12.4. The Morgan fingerprint density at radius 3 is 2.35 bits per heavy atom. The van der Waals surface area contributed by atoms with Gasteiger partial charge in [-0.1, -0.05) is 55.7 Å². The van der Waals surface area contributed by atoms with E-state index in [0.29, 0.717) is 11.3 Å². The van der Waals surface area contributed by atoms with Gasteiger partial charge in [-0.15, -0.1) is 0 Å². The molecule has 0 unspecified atom stereocenters. The number of fused-ring (bicyclic) bond motifs is 2. The lowest BCUT2D eigenvalue weighted by Crippen LogP contribution is -2.38. The molecule has 0 radical (unpaired) electrons. The molecule has 1 saturated carbocycles. The lowest BCUT2D eigenvalue weighted by atomic mass is 9.96. The molecule has 1 aliphatic rings. The zero-order valence-electron chi connectivity index (χ0n) is 17.7. The minimum Gasteiger partial charge on any atom is -0.342 e. The highest BCUT2D eigenvalue weighted by Crippen LogP contribution is 2.27. The molecule has 0 bridgehead atoms. The SMILES string of the molecule is CN(C1CCCCC1)S(=O)(=O)c1ccc(Cc2nc3cc4ccccc4cc3[nH]2)cc1. The van der Waals surface area contributed by atoms with Gasteiger partial charge in [0, 0.05) is 19.5 Å². The van der Waals surface area contributed by atoms with Gasteiger partial charge in [0.05, 0.1) is 15.9 Å². The maximum absolute atomic E-state index is 13.0. The highest BCUT2D eigenvalue weighted by atomic mass is 32.2. The highest BCUT2D eigenvalue weighted by Gasteiger charge is 2.28. The molecular weight excluding hydrogens is 406 g/mol. The molecule has 1 fully saturated rings. The van der Waals surface area contributed by atoms with Crippen molar-refractivity contribution in [3.63, 3.8) is 0 Å². The average molecular weight is 434 g/mol. The molecule has 0 saturated heterocycles. The fourth-order valence-electron chi connectivity index (χ4n) is 4.61. The van der Waals surface area contributed by atoms with Crippen molar-refractivity contribution in [2.24, 2.45) is 0 Å². The van der Waals surface area contributed by atoms with Crippen LogP contribution in [0.5, 0.6) is 0 Å². The summed E-state index contributed by atoms with van der Waals surface area (Å²) in [6, 6.07) is 19.8. The monoisotopic (exact) mass is 433 g/mol. The van der Waals surface area contributed by atoms with Gasteiger partial charge in [-0.05, 0) is 53.4 Å². The quantitative estimate of drug-likeness (QED) is 0.467. The molecule has 0 amide bonds. The van der Waals surface area contributed by atoms with Gasteiger partial charge in [-0.3, -0.25) is 0 Å². The van der Waals surface area contributed by atoms with Crippen LogP contribution in [0.3, 0.4) is 0 Å². The number of aromatic nitrogens is 2. The van der Waals surface area contributed by atoms with Gasteiger partial charge < -0.3 is 4.98 Å². The van der Waals surface area contributed by atoms with Crippen LogP contribution in [0, 0.1) is 0 Å². The average Bonchev–Trinajstić information content (AvgIpc) is 3.18. The van der Waals surface area contributed by atoms with Crippen LogP contribution < -0.4 is 0 Å². The maximum atomic E-state index is 13.0. The second-order valence-electron chi connectivity index (χ2n) is 8.53. The van der Waals surface area contributed by atoms with Crippen molar-refractivity contribution < 1.29 is 8.42 Å². The van der Waals surface area contributed by atoms with Crippen LogP contribution in [0.2, 0.25) is 0 Å². The van der Waals surface area contributed by atoms with Crippen LogP contribution >= 0.6 is 0 Å². The Balaban J connectivity index is 1.35. The lowest BCUT2D eigenvalue weighted by Gasteiger charge is -2.30. The third-order valence-electron chi connectivity index (χ3n) is 6.46. The van der Waals surface area contributed by atoms with Crippen molar-refractivity contribution in [1.29, 1.82) is 0 Å². The Hall–Kier alpha value is -2.70. The number of sulfonamides is 1. The van der Waals surface area contributed by atoms with Crippen LogP contribution in [0.15, 0.2) is 65.6 Å². The number of H-pyrrole nitrogens is 1. The summed E-state index contributed by atoms with van der Waals surface area (Å²) < 4.78 is 27.7. The third kappa shape index (κ3) is 3.98. The van der Waals surface area contributed by atoms with E-state index in [0.717, 1.165) is 48.1 Å². The van der Waals surface area contributed by atoms with Crippen molar-refractivity contribution in [2.45, 2.75) is 49.5 Å². The number of imidazole rings is 1. The van der Waals surface area contributed by atoms with Gasteiger partial charge >= 0.3 is 0 Å². The van der Waals surface area contributed by atoms with Crippen molar-refractivity contribution in [2.75, 3.05) is 7.05 Å². The van der Waals surface area contributed by atoms with E-state index in [2.05, 4.69) is 29.2 Å². The molecule has 1 heterocycles. The highest BCUT2D eigenvalue weighted by molar-refractivity contribution is 7.89. The molecule has 1 aromatic heterocycles. The first-order chi connectivity index (χ1) is 15.0. The smallest absolute Gasteiger partial charge is 0.243 e. The van der Waals surface area contributed by atoms with Crippen LogP contribution in [-0.2, 0) is 16.4 Å². The van der Waals surface area contributed by atoms with E-state index in [1.54, 1.807) is 23.5 Å². The van der Waals surface area contributed by atoms with Crippen LogP contribution in [0.25, 0.3) is 21.8 Å². The number of rotatable bonds is 5. The van der Waals surface area contributed by atoms with Gasteiger partial charge in [-0.2, -0.15) is 4.31 Å². The predicted octanol–water partition coefficient (Wildman–Crippen LogP) is 5.26. The third-order valence-corrected chi connectivity index (χ3v) is 8.38. The largest absolute Gasteiger partial charge is 0.342 e. The van der Waals surface area contributed by atoms with E-state index < -0.39 is 10.0 Å². The summed E-state index contributed by atoms with van der Waals surface area (Å²) in [5.74, 6) is 0.875. The van der Waals surface area contributed by atoms with Gasteiger partial charge in [0.2, 0.25) is 10.0 Å². The van der Waals surface area contributed by atoms with E-state index in [1.807, 2.05) is 24.3 Å². The summed E-state index contributed by atoms with van der Waals surface area (Å²) in [5, 5.41) is 2.35. The summed E-state index contributed by atoms with van der Waals surface area (Å²) in [4.78, 5) is 8.50. The number of nitrogens with one attached hydrogen (secondary N) is 1. The molecule has 1 N–H and O–H groups in total. The summed E-state index contributed by atoms with van der Waals surface area (Å²) in [7, 11) is -1.74. The Kier molecular flexibility index (Phi) is 5.28. The maximum Gasteiger partial charge on any atom is 0.243 e. The zero-order valence-corrected chi connectivity index (χ0v) is 18.5. The van der Waals surface area contributed by atoms with E-state index >= 15 is 0 Å². The number of benzene rings is 3. The number of hydrogen-bond acceptors (Lipinski definition) is 3.